The van der Waals surface area contributed by atoms with Crippen LogP contribution in [0.25, 0.3) is 11.3 Å². The molecule has 18 heavy (non-hydrogen) atoms. The van der Waals surface area contributed by atoms with Gasteiger partial charge >= 0.3 is 0 Å². The summed E-state index contributed by atoms with van der Waals surface area (Å²) in [6.07, 6.45) is 3.97. The van der Waals surface area contributed by atoms with Crippen LogP contribution in [0.15, 0.2) is 34.9 Å². The molecule has 3 nitrogen and oxygen atoms in total. The molecule has 3 heteroatoms. The number of anilines is 1. The van der Waals surface area contributed by atoms with Crippen LogP contribution in [0.2, 0.25) is 0 Å². The van der Waals surface area contributed by atoms with Crippen LogP contribution in [0.5, 0.6) is 0 Å². The number of oxazole rings is 1. The van der Waals surface area contributed by atoms with Gasteiger partial charge in [0.2, 0.25) is 0 Å². The maximum atomic E-state index is 5.22. The Kier molecular flexibility index (Phi) is 4.03. The van der Waals surface area contributed by atoms with E-state index in [-0.39, 0.29) is 0 Å². The van der Waals surface area contributed by atoms with Crippen molar-refractivity contribution in [2.24, 2.45) is 0 Å². The van der Waals surface area contributed by atoms with E-state index in [9.17, 15) is 0 Å². The first-order valence-corrected chi connectivity index (χ1v) is 6.52. The molecule has 0 bridgehead atoms. The zero-order valence-electron chi connectivity index (χ0n) is 11.2. The summed E-state index contributed by atoms with van der Waals surface area (Å²) in [6.45, 7) is 6.26. The molecule has 1 aromatic heterocycles. The molecule has 0 aliphatic carbocycles. The molecule has 0 saturated heterocycles. The molecule has 0 saturated carbocycles. The van der Waals surface area contributed by atoms with Crippen molar-refractivity contribution in [2.45, 2.75) is 39.7 Å². The third kappa shape index (κ3) is 2.92. The third-order valence-corrected chi connectivity index (χ3v) is 3.16. The van der Waals surface area contributed by atoms with Crippen molar-refractivity contribution < 1.29 is 4.42 Å². The van der Waals surface area contributed by atoms with Gasteiger partial charge in [-0.25, -0.2) is 4.98 Å². The summed E-state index contributed by atoms with van der Waals surface area (Å²) in [6, 6.07) is 8.88. The predicted molar refractivity (Wildman–Crippen MR) is 74.7 cm³/mol. The van der Waals surface area contributed by atoms with Crippen LogP contribution in [-0.2, 0) is 0 Å². The number of hydrogen-bond donors (Lipinski definition) is 1. The van der Waals surface area contributed by atoms with Gasteiger partial charge in [0.1, 0.15) is 12.0 Å². The van der Waals surface area contributed by atoms with E-state index in [1.807, 2.05) is 6.92 Å². The Labute approximate surface area is 108 Å². The fraction of sp³-hybridized carbons (Fsp3) is 0.400. The van der Waals surface area contributed by atoms with E-state index >= 15 is 0 Å². The average molecular weight is 244 g/mol. The average Bonchev–Trinajstić information content (AvgIpc) is 2.83. The van der Waals surface area contributed by atoms with Gasteiger partial charge in [0, 0.05) is 24.2 Å². The van der Waals surface area contributed by atoms with E-state index in [1.54, 1.807) is 6.26 Å². The minimum atomic E-state index is 0.546. The van der Waals surface area contributed by atoms with Crippen molar-refractivity contribution in [1.29, 1.82) is 0 Å². The molecule has 0 aliphatic rings. The van der Waals surface area contributed by atoms with Crippen LogP contribution in [0.3, 0.4) is 0 Å². The lowest BCUT2D eigenvalue weighted by Gasteiger charge is -2.16. The van der Waals surface area contributed by atoms with Crippen molar-refractivity contribution in [3.63, 3.8) is 0 Å². The first kappa shape index (κ1) is 12.7. The number of rotatable bonds is 5. The Balaban J connectivity index is 2.10. The molecule has 2 rings (SSSR count). The van der Waals surface area contributed by atoms with E-state index in [0.717, 1.165) is 29.8 Å². The molecule has 0 atom stereocenters. The van der Waals surface area contributed by atoms with Crippen molar-refractivity contribution in [1.82, 2.24) is 4.98 Å². The summed E-state index contributed by atoms with van der Waals surface area (Å²) in [4.78, 5) is 4.32. The van der Waals surface area contributed by atoms with Crippen LogP contribution in [0.1, 0.15) is 32.6 Å². The Morgan fingerprint density at radius 3 is 2.33 bits per heavy atom. The lowest BCUT2D eigenvalue weighted by Crippen LogP contribution is -2.16. The Morgan fingerprint density at radius 1 is 1.17 bits per heavy atom. The maximum absolute atomic E-state index is 5.22. The number of aryl methyl sites for hydroxylation is 1. The zero-order valence-corrected chi connectivity index (χ0v) is 11.2. The summed E-state index contributed by atoms with van der Waals surface area (Å²) in [5.41, 5.74) is 3.14. The molecule has 1 aromatic carbocycles. The summed E-state index contributed by atoms with van der Waals surface area (Å²) in [5, 5.41) is 3.52. The number of nitrogens with one attached hydrogen (secondary N) is 1. The van der Waals surface area contributed by atoms with Crippen LogP contribution in [0.4, 0.5) is 5.69 Å². The molecule has 0 fully saturated rings. The van der Waals surface area contributed by atoms with Gasteiger partial charge in [-0.15, -0.1) is 0 Å². The molecule has 1 heterocycles. The van der Waals surface area contributed by atoms with Gasteiger partial charge in [0.15, 0.2) is 5.89 Å². The second-order valence-corrected chi connectivity index (χ2v) is 4.49. The second-order valence-electron chi connectivity index (χ2n) is 4.49. The van der Waals surface area contributed by atoms with Gasteiger partial charge in [-0.3, -0.25) is 0 Å². The van der Waals surface area contributed by atoms with E-state index in [0.29, 0.717) is 11.9 Å². The Hall–Kier alpha value is -1.77. The fourth-order valence-corrected chi connectivity index (χ4v) is 1.96. The second kappa shape index (κ2) is 5.71. The van der Waals surface area contributed by atoms with Crippen molar-refractivity contribution in [3.8, 4) is 11.3 Å². The minimum Gasteiger partial charge on any atom is -0.449 e. The Bertz CT molecular complexity index is 483. The number of nitrogens with zero attached hydrogens (tertiary/aromatic N) is 1. The first-order valence-electron chi connectivity index (χ1n) is 6.52. The maximum Gasteiger partial charge on any atom is 0.191 e. The molecule has 0 amide bonds. The summed E-state index contributed by atoms with van der Waals surface area (Å²) >= 11 is 0. The van der Waals surface area contributed by atoms with Crippen molar-refractivity contribution in [2.75, 3.05) is 5.32 Å². The van der Waals surface area contributed by atoms with Crippen LogP contribution in [-0.4, -0.2) is 11.0 Å². The summed E-state index contributed by atoms with van der Waals surface area (Å²) < 4.78 is 5.22. The molecular formula is C15H20N2O. The van der Waals surface area contributed by atoms with Gasteiger partial charge in [-0.1, -0.05) is 26.0 Å². The zero-order chi connectivity index (χ0) is 13.0. The molecule has 96 valence electrons. The number of benzene rings is 1. The summed E-state index contributed by atoms with van der Waals surface area (Å²) in [7, 11) is 0. The van der Waals surface area contributed by atoms with Crippen molar-refractivity contribution >= 4 is 5.69 Å². The van der Waals surface area contributed by atoms with E-state index < -0.39 is 0 Å². The lowest BCUT2D eigenvalue weighted by atomic mass is 10.1. The fourth-order valence-electron chi connectivity index (χ4n) is 1.96. The monoisotopic (exact) mass is 244 g/mol. The molecule has 2 aromatic rings. The molecule has 0 spiro atoms. The van der Waals surface area contributed by atoms with Crippen molar-refractivity contribution in [3.05, 3.63) is 36.4 Å². The van der Waals surface area contributed by atoms with Gasteiger partial charge < -0.3 is 9.73 Å². The number of aromatic nitrogens is 1. The van der Waals surface area contributed by atoms with Crippen LogP contribution in [0, 0.1) is 6.92 Å². The SMILES string of the molecule is CCC(CC)Nc1ccc(-c2coc(C)n2)cc1. The standard InChI is InChI=1S/C15H20N2O/c1-4-13(5-2)17-14-8-6-12(7-9-14)15-10-18-11(3)16-15/h6-10,13,17H,4-5H2,1-3H3. The topological polar surface area (TPSA) is 38.1 Å². The first-order chi connectivity index (χ1) is 8.72. The van der Waals surface area contributed by atoms with E-state index in [1.165, 1.54) is 0 Å². The molecule has 1 N–H and O–H groups in total. The lowest BCUT2D eigenvalue weighted by molar-refractivity contribution is 0.521. The molecule has 0 unspecified atom stereocenters. The normalized spacial score (nSPS) is 10.9. The van der Waals surface area contributed by atoms with E-state index in [4.69, 9.17) is 4.42 Å². The predicted octanol–water partition coefficient (Wildman–Crippen LogP) is 4.25. The number of hydrogen-bond acceptors (Lipinski definition) is 3. The highest BCUT2D eigenvalue weighted by Gasteiger charge is 2.05. The van der Waals surface area contributed by atoms with Crippen LogP contribution >= 0.6 is 0 Å². The van der Waals surface area contributed by atoms with Gasteiger partial charge in [-0.05, 0) is 25.0 Å². The smallest absolute Gasteiger partial charge is 0.191 e. The van der Waals surface area contributed by atoms with E-state index in [2.05, 4.69) is 48.4 Å². The molecular weight excluding hydrogens is 224 g/mol. The van der Waals surface area contributed by atoms with Gasteiger partial charge in [0.25, 0.3) is 0 Å². The van der Waals surface area contributed by atoms with Gasteiger partial charge in [-0.2, -0.15) is 0 Å². The highest BCUT2D eigenvalue weighted by Crippen LogP contribution is 2.21. The minimum absolute atomic E-state index is 0.546. The third-order valence-electron chi connectivity index (χ3n) is 3.16. The van der Waals surface area contributed by atoms with Gasteiger partial charge in [0.05, 0.1) is 0 Å². The molecule has 0 radical (unpaired) electrons. The molecule has 0 aliphatic heterocycles. The largest absolute Gasteiger partial charge is 0.449 e. The Morgan fingerprint density at radius 2 is 1.83 bits per heavy atom. The quantitative estimate of drug-likeness (QED) is 0.854. The highest BCUT2D eigenvalue weighted by atomic mass is 16.3. The highest BCUT2D eigenvalue weighted by molar-refractivity contribution is 5.61. The summed E-state index contributed by atoms with van der Waals surface area (Å²) in [5.74, 6) is 0.698. The van der Waals surface area contributed by atoms with Crippen LogP contribution < -0.4 is 5.32 Å².